The van der Waals surface area contributed by atoms with E-state index in [0.29, 0.717) is 41.5 Å². The van der Waals surface area contributed by atoms with Crippen LogP contribution in [0.3, 0.4) is 0 Å². The van der Waals surface area contributed by atoms with Crippen LogP contribution < -0.4 is 5.32 Å². The van der Waals surface area contributed by atoms with E-state index < -0.39 is 11.6 Å². The molecule has 0 bridgehead atoms. The molecule has 0 spiro atoms. The number of ether oxygens (including phenoxy) is 2. The van der Waals surface area contributed by atoms with Crippen LogP contribution in [0.4, 0.5) is 14.6 Å². The Labute approximate surface area is 211 Å². The number of hydrogen-bond donors (Lipinski definition) is 1. The molecule has 5 aromatic rings. The molecule has 1 unspecified atom stereocenters. The van der Waals surface area contributed by atoms with E-state index in [1.807, 2.05) is 34.9 Å². The Kier molecular flexibility index (Phi) is 6.46. The summed E-state index contributed by atoms with van der Waals surface area (Å²) in [6, 6.07) is 11.7. The topological polar surface area (TPSA) is 91.9 Å². The van der Waals surface area contributed by atoms with Crippen LogP contribution in [-0.4, -0.2) is 48.8 Å². The Morgan fingerprint density at radius 1 is 1.05 bits per heavy atom. The Hall–Kier alpha value is -3.96. The van der Waals surface area contributed by atoms with E-state index in [0.717, 1.165) is 37.6 Å². The molecule has 1 atom stereocenters. The van der Waals surface area contributed by atoms with Crippen LogP contribution in [0.2, 0.25) is 0 Å². The number of hydrogen-bond acceptors (Lipinski definition) is 7. The lowest BCUT2D eigenvalue weighted by Gasteiger charge is -2.23. The molecule has 1 N–H and O–H groups in total. The first kappa shape index (κ1) is 23.4. The third-order valence-electron chi connectivity index (χ3n) is 6.39. The predicted octanol–water partition coefficient (Wildman–Crippen LogP) is 4.77. The molecule has 0 radical (unpaired) electrons. The minimum atomic E-state index is -0.937. The highest BCUT2D eigenvalue weighted by Gasteiger charge is 2.21. The molecule has 1 saturated heterocycles. The molecule has 190 valence electrons. The maximum Gasteiger partial charge on any atom is 0.185 e. The lowest BCUT2D eigenvalue weighted by Crippen LogP contribution is -2.17. The molecule has 2 aromatic carbocycles. The highest BCUT2D eigenvalue weighted by Crippen LogP contribution is 2.28. The zero-order valence-electron chi connectivity index (χ0n) is 20.0. The first-order chi connectivity index (χ1) is 18.2. The number of anilines is 1. The summed E-state index contributed by atoms with van der Waals surface area (Å²) >= 11 is 0. The van der Waals surface area contributed by atoms with Gasteiger partial charge in [0.25, 0.3) is 0 Å². The van der Waals surface area contributed by atoms with Crippen molar-refractivity contribution >= 4 is 28.0 Å². The van der Waals surface area contributed by atoms with E-state index >= 15 is 0 Å². The molecule has 0 saturated carbocycles. The lowest BCUT2D eigenvalue weighted by atomic mass is 10.2. The van der Waals surface area contributed by atoms with Gasteiger partial charge in [0.1, 0.15) is 30.5 Å². The standard InChI is InChI=1S/C26H25F2N7O2/c27-18-9-10-19-24(22(18)28)35(17-6-2-1-3-7-17)20(33-19)14-36-13-11-29-25-23-26(31-15-30-25)34(16-32-23)21-8-4-5-12-37-21/h1-3,6-7,9-10,15-16,21H,4-5,8,11-14H2,(H,29,30,31). The molecular weight excluding hydrogens is 480 g/mol. The molecule has 0 aliphatic carbocycles. The van der Waals surface area contributed by atoms with Crippen LogP contribution in [0.25, 0.3) is 27.9 Å². The third kappa shape index (κ3) is 4.51. The van der Waals surface area contributed by atoms with E-state index in [9.17, 15) is 8.78 Å². The number of nitrogens with zero attached hydrogens (tertiary/aromatic N) is 6. The fourth-order valence-electron chi connectivity index (χ4n) is 4.64. The van der Waals surface area contributed by atoms with Crippen LogP contribution >= 0.6 is 0 Å². The van der Waals surface area contributed by atoms with Crippen LogP contribution in [-0.2, 0) is 16.1 Å². The van der Waals surface area contributed by atoms with Crippen molar-refractivity contribution in [3.8, 4) is 5.69 Å². The zero-order chi connectivity index (χ0) is 25.2. The number of aromatic nitrogens is 6. The van der Waals surface area contributed by atoms with E-state index in [1.165, 1.54) is 12.4 Å². The van der Waals surface area contributed by atoms with Crippen molar-refractivity contribution in [2.45, 2.75) is 32.1 Å². The number of halogens is 2. The average molecular weight is 506 g/mol. The first-order valence-electron chi connectivity index (χ1n) is 12.2. The molecular formula is C26H25F2N7O2. The summed E-state index contributed by atoms with van der Waals surface area (Å²) in [4.78, 5) is 17.7. The van der Waals surface area contributed by atoms with Crippen LogP contribution in [0.5, 0.6) is 0 Å². The summed E-state index contributed by atoms with van der Waals surface area (Å²) in [6.07, 6.45) is 6.29. The monoisotopic (exact) mass is 505 g/mol. The van der Waals surface area contributed by atoms with Crippen molar-refractivity contribution in [2.75, 3.05) is 25.1 Å². The summed E-state index contributed by atoms with van der Waals surface area (Å²) in [5, 5.41) is 3.25. The van der Waals surface area contributed by atoms with E-state index in [2.05, 4.69) is 25.3 Å². The van der Waals surface area contributed by atoms with Gasteiger partial charge in [0, 0.05) is 18.8 Å². The molecule has 4 heterocycles. The smallest absolute Gasteiger partial charge is 0.185 e. The molecule has 1 aliphatic heterocycles. The summed E-state index contributed by atoms with van der Waals surface area (Å²) in [7, 11) is 0. The summed E-state index contributed by atoms with van der Waals surface area (Å²) < 4.78 is 44.0. The van der Waals surface area contributed by atoms with Crippen molar-refractivity contribution in [1.82, 2.24) is 29.1 Å². The second-order valence-electron chi connectivity index (χ2n) is 8.78. The first-order valence-corrected chi connectivity index (χ1v) is 12.2. The van der Waals surface area contributed by atoms with Gasteiger partial charge in [-0.3, -0.25) is 9.13 Å². The van der Waals surface area contributed by atoms with Gasteiger partial charge in [0.15, 0.2) is 28.6 Å². The quantitative estimate of drug-likeness (QED) is 0.304. The summed E-state index contributed by atoms with van der Waals surface area (Å²) in [5.41, 5.74) is 2.51. The largest absolute Gasteiger partial charge is 0.372 e. The van der Waals surface area contributed by atoms with Gasteiger partial charge < -0.3 is 14.8 Å². The Morgan fingerprint density at radius 2 is 1.95 bits per heavy atom. The maximum absolute atomic E-state index is 14.7. The summed E-state index contributed by atoms with van der Waals surface area (Å²) in [6.45, 7) is 1.62. The Bertz CT molecular complexity index is 1530. The molecule has 9 nitrogen and oxygen atoms in total. The average Bonchev–Trinajstić information content (AvgIpc) is 3.54. The summed E-state index contributed by atoms with van der Waals surface area (Å²) in [5.74, 6) is -0.777. The van der Waals surface area contributed by atoms with Crippen LogP contribution in [0.1, 0.15) is 31.3 Å². The fourth-order valence-corrected chi connectivity index (χ4v) is 4.64. The van der Waals surface area contributed by atoms with Crippen molar-refractivity contribution in [2.24, 2.45) is 0 Å². The number of fused-ring (bicyclic) bond motifs is 2. The fraction of sp³-hybridized carbons (Fsp3) is 0.308. The van der Waals surface area contributed by atoms with Gasteiger partial charge in [-0.2, -0.15) is 0 Å². The molecule has 37 heavy (non-hydrogen) atoms. The number of nitrogens with one attached hydrogen (secondary N) is 1. The molecule has 0 amide bonds. The molecule has 1 aliphatic rings. The third-order valence-corrected chi connectivity index (χ3v) is 6.39. The van der Waals surface area contributed by atoms with Crippen LogP contribution in [0, 0.1) is 11.6 Å². The van der Waals surface area contributed by atoms with Crippen molar-refractivity contribution < 1.29 is 18.3 Å². The number of imidazole rings is 2. The minimum Gasteiger partial charge on any atom is -0.372 e. The minimum absolute atomic E-state index is 0.0629. The number of rotatable bonds is 8. The molecule has 1 fully saturated rings. The van der Waals surface area contributed by atoms with Crippen molar-refractivity contribution in [3.63, 3.8) is 0 Å². The van der Waals surface area contributed by atoms with Gasteiger partial charge in [0.05, 0.1) is 18.5 Å². The number of benzene rings is 2. The Balaban J connectivity index is 1.15. The maximum atomic E-state index is 14.7. The van der Waals surface area contributed by atoms with E-state index in [1.54, 1.807) is 10.9 Å². The van der Waals surface area contributed by atoms with Gasteiger partial charge in [0.2, 0.25) is 0 Å². The highest BCUT2D eigenvalue weighted by atomic mass is 19.2. The van der Waals surface area contributed by atoms with Crippen molar-refractivity contribution in [3.05, 3.63) is 72.6 Å². The highest BCUT2D eigenvalue weighted by molar-refractivity contribution is 5.82. The van der Waals surface area contributed by atoms with Gasteiger partial charge in [-0.15, -0.1) is 0 Å². The zero-order valence-corrected chi connectivity index (χ0v) is 20.0. The normalized spacial score (nSPS) is 16.0. The van der Waals surface area contributed by atoms with Gasteiger partial charge in [-0.25, -0.2) is 28.7 Å². The van der Waals surface area contributed by atoms with Crippen molar-refractivity contribution in [1.29, 1.82) is 0 Å². The second kappa shape index (κ2) is 10.2. The van der Waals surface area contributed by atoms with Gasteiger partial charge in [-0.05, 0) is 43.5 Å². The van der Waals surface area contributed by atoms with E-state index in [4.69, 9.17) is 9.47 Å². The number of para-hydroxylation sites is 1. The molecule has 3 aromatic heterocycles. The molecule has 11 heteroatoms. The predicted molar refractivity (Wildman–Crippen MR) is 133 cm³/mol. The lowest BCUT2D eigenvalue weighted by molar-refractivity contribution is -0.0298. The van der Waals surface area contributed by atoms with Crippen LogP contribution in [0.15, 0.2) is 55.1 Å². The Morgan fingerprint density at radius 3 is 2.78 bits per heavy atom. The molecule has 6 rings (SSSR count). The van der Waals surface area contributed by atoms with Gasteiger partial charge >= 0.3 is 0 Å². The SMILES string of the molecule is Fc1ccc2nc(COCCNc3ncnc4c3ncn4C3CCCCO3)n(-c3ccccc3)c2c1F. The second-order valence-corrected chi connectivity index (χ2v) is 8.78. The van der Waals surface area contributed by atoms with E-state index in [-0.39, 0.29) is 18.4 Å². The van der Waals surface area contributed by atoms with Gasteiger partial charge in [-0.1, -0.05) is 18.2 Å².